The second-order valence-corrected chi connectivity index (χ2v) is 3.04. The van der Waals surface area contributed by atoms with Crippen molar-refractivity contribution in [3.63, 3.8) is 0 Å². The number of H-pyrrole nitrogens is 1. The molecule has 0 saturated carbocycles. The quantitative estimate of drug-likeness (QED) is 0.707. The standard InChI is InChI=1S/C8H12N2O2/c1-8(11-4-5-12-8)6-7-9-2-3-10-7/h2-3H,4-6H2,1H3,(H,9,10). The lowest BCUT2D eigenvalue weighted by Crippen LogP contribution is -2.28. The summed E-state index contributed by atoms with van der Waals surface area (Å²) >= 11 is 0. The van der Waals surface area contributed by atoms with Gasteiger partial charge in [0, 0.05) is 12.4 Å². The van der Waals surface area contributed by atoms with E-state index in [1.807, 2.05) is 6.92 Å². The monoisotopic (exact) mass is 168 g/mol. The minimum absolute atomic E-state index is 0.474. The lowest BCUT2D eigenvalue weighted by atomic mass is 10.2. The molecule has 0 amide bonds. The molecule has 1 aromatic heterocycles. The van der Waals surface area contributed by atoms with Gasteiger partial charge >= 0.3 is 0 Å². The molecule has 0 aromatic carbocycles. The zero-order valence-corrected chi connectivity index (χ0v) is 7.04. The molecule has 0 bridgehead atoms. The van der Waals surface area contributed by atoms with Crippen molar-refractivity contribution in [1.82, 2.24) is 9.97 Å². The second-order valence-electron chi connectivity index (χ2n) is 3.04. The summed E-state index contributed by atoms with van der Waals surface area (Å²) in [6, 6.07) is 0. The topological polar surface area (TPSA) is 47.1 Å². The molecule has 66 valence electrons. The molecule has 0 unspecified atom stereocenters. The number of rotatable bonds is 2. The molecule has 1 saturated heterocycles. The highest BCUT2D eigenvalue weighted by atomic mass is 16.7. The first-order chi connectivity index (χ1) is 5.79. The van der Waals surface area contributed by atoms with E-state index in [2.05, 4.69) is 9.97 Å². The Hall–Kier alpha value is -0.870. The third kappa shape index (κ3) is 1.49. The number of hydrogen-bond acceptors (Lipinski definition) is 3. The number of imidazole rings is 1. The molecule has 12 heavy (non-hydrogen) atoms. The van der Waals surface area contributed by atoms with Crippen LogP contribution in [0, 0.1) is 0 Å². The SMILES string of the molecule is CC1(Cc2ncc[nH]2)OCCO1. The first-order valence-electron chi connectivity index (χ1n) is 4.05. The van der Waals surface area contributed by atoms with Gasteiger partial charge in [-0.15, -0.1) is 0 Å². The van der Waals surface area contributed by atoms with E-state index < -0.39 is 5.79 Å². The molecular weight excluding hydrogens is 156 g/mol. The average Bonchev–Trinajstić information content (AvgIpc) is 2.62. The van der Waals surface area contributed by atoms with Crippen LogP contribution in [0.1, 0.15) is 12.7 Å². The Bertz CT molecular complexity index is 240. The number of nitrogens with zero attached hydrogens (tertiary/aromatic N) is 1. The molecule has 4 heteroatoms. The zero-order chi connectivity index (χ0) is 8.44. The first kappa shape index (κ1) is 7.76. The van der Waals surface area contributed by atoms with Crippen LogP contribution in [0.4, 0.5) is 0 Å². The molecule has 0 spiro atoms. The Balaban J connectivity index is 2.02. The third-order valence-electron chi connectivity index (χ3n) is 1.94. The molecule has 0 radical (unpaired) electrons. The molecule has 0 atom stereocenters. The molecule has 1 aromatic rings. The van der Waals surface area contributed by atoms with Crippen molar-refractivity contribution in [2.45, 2.75) is 19.1 Å². The summed E-state index contributed by atoms with van der Waals surface area (Å²) in [6.45, 7) is 3.29. The van der Waals surface area contributed by atoms with Crippen molar-refractivity contribution in [2.75, 3.05) is 13.2 Å². The van der Waals surface area contributed by atoms with Gasteiger partial charge in [-0.2, -0.15) is 0 Å². The average molecular weight is 168 g/mol. The third-order valence-corrected chi connectivity index (χ3v) is 1.94. The van der Waals surface area contributed by atoms with Crippen molar-refractivity contribution in [3.8, 4) is 0 Å². The second kappa shape index (κ2) is 2.88. The Kier molecular flexibility index (Phi) is 1.86. The van der Waals surface area contributed by atoms with E-state index in [1.165, 1.54) is 0 Å². The number of aromatic nitrogens is 2. The van der Waals surface area contributed by atoms with Crippen molar-refractivity contribution in [1.29, 1.82) is 0 Å². The van der Waals surface area contributed by atoms with Crippen molar-refractivity contribution in [2.24, 2.45) is 0 Å². The van der Waals surface area contributed by atoms with E-state index in [0.717, 1.165) is 5.82 Å². The van der Waals surface area contributed by atoms with Gasteiger partial charge in [0.15, 0.2) is 5.79 Å². The van der Waals surface area contributed by atoms with E-state index >= 15 is 0 Å². The molecule has 0 aliphatic carbocycles. The van der Waals surface area contributed by atoms with Crippen LogP contribution in [-0.4, -0.2) is 29.0 Å². The van der Waals surface area contributed by atoms with Crippen LogP contribution in [0.3, 0.4) is 0 Å². The van der Waals surface area contributed by atoms with Gasteiger partial charge in [0.2, 0.25) is 0 Å². The number of aromatic amines is 1. The van der Waals surface area contributed by atoms with Gasteiger partial charge in [0.1, 0.15) is 5.82 Å². The number of hydrogen-bond donors (Lipinski definition) is 1. The summed E-state index contributed by atoms with van der Waals surface area (Å²) in [5, 5.41) is 0. The summed E-state index contributed by atoms with van der Waals surface area (Å²) in [6.07, 6.45) is 4.21. The summed E-state index contributed by atoms with van der Waals surface area (Å²) in [5.74, 6) is 0.428. The summed E-state index contributed by atoms with van der Waals surface area (Å²) < 4.78 is 10.9. The number of ether oxygens (including phenoxy) is 2. The zero-order valence-electron chi connectivity index (χ0n) is 7.04. The fourth-order valence-electron chi connectivity index (χ4n) is 1.36. The summed E-state index contributed by atoms with van der Waals surface area (Å²) in [5.41, 5.74) is 0. The first-order valence-corrected chi connectivity index (χ1v) is 4.05. The highest BCUT2D eigenvalue weighted by Crippen LogP contribution is 2.21. The van der Waals surface area contributed by atoms with Gasteiger partial charge < -0.3 is 14.5 Å². The van der Waals surface area contributed by atoms with E-state index in [0.29, 0.717) is 19.6 Å². The predicted octanol–water partition coefficient (Wildman–Crippen LogP) is 0.715. The van der Waals surface area contributed by atoms with Gasteiger partial charge in [-0.1, -0.05) is 0 Å². The Morgan fingerprint density at radius 1 is 1.58 bits per heavy atom. The Morgan fingerprint density at radius 2 is 2.33 bits per heavy atom. The molecule has 1 N–H and O–H groups in total. The predicted molar refractivity (Wildman–Crippen MR) is 42.6 cm³/mol. The minimum Gasteiger partial charge on any atom is -0.348 e. The highest BCUT2D eigenvalue weighted by molar-refractivity contribution is 4.92. The maximum atomic E-state index is 5.43. The highest BCUT2D eigenvalue weighted by Gasteiger charge is 2.31. The van der Waals surface area contributed by atoms with Crippen LogP contribution in [0.5, 0.6) is 0 Å². The van der Waals surface area contributed by atoms with E-state index in [-0.39, 0.29) is 0 Å². The fraction of sp³-hybridized carbons (Fsp3) is 0.625. The fourth-order valence-corrected chi connectivity index (χ4v) is 1.36. The molecule has 2 rings (SSSR count). The molecule has 4 nitrogen and oxygen atoms in total. The van der Waals surface area contributed by atoms with Crippen LogP contribution >= 0.6 is 0 Å². The van der Waals surface area contributed by atoms with Gasteiger partial charge in [-0.05, 0) is 6.92 Å². The van der Waals surface area contributed by atoms with Crippen LogP contribution in [0.2, 0.25) is 0 Å². The van der Waals surface area contributed by atoms with Crippen LogP contribution in [-0.2, 0) is 15.9 Å². The van der Waals surface area contributed by atoms with Crippen molar-refractivity contribution in [3.05, 3.63) is 18.2 Å². The minimum atomic E-state index is -0.474. The van der Waals surface area contributed by atoms with Crippen molar-refractivity contribution < 1.29 is 9.47 Å². The largest absolute Gasteiger partial charge is 0.348 e. The van der Waals surface area contributed by atoms with Crippen LogP contribution < -0.4 is 0 Å². The van der Waals surface area contributed by atoms with Crippen molar-refractivity contribution >= 4 is 0 Å². The molecule has 1 aliphatic heterocycles. The van der Waals surface area contributed by atoms with Gasteiger partial charge in [-0.3, -0.25) is 0 Å². The lowest BCUT2D eigenvalue weighted by molar-refractivity contribution is -0.141. The maximum absolute atomic E-state index is 5.43. The van der Waals surface area contributed by atoms with Crippen LogP contribution in [0.15, 0.2) is 12.4 Å². The lowest BCUT2D eigenvalue weighted by Gasteiger charge is -2.20. The van der Waals surface area contributed by atoms with Gasteiger partial charge in [0.05, 0.1) is 19.6 Å². The molecule has 1 aliphatic rings. The Labute approximate surface area is 70.9 Å². The molecular formula is C8H12N2O2. The molecule has 1 fully saturated rings. The Morgan fingerprint density at radius 3 is 2.92 bits per heavy atom. The van der Waals surface area contributed by atoms with E-state index in [4.69, 9.17) is 9.47 Å². The molecule has 2 heterocycles. The van der Waals surface area contributed by atoms with E-state index in [1.54, 1.807) is 12.4 Å². The number of nitrogens with one attached hydrogen (secondary N) is 1. The van der Waals surface area contributed by atoms with Gasteiger partial charge in [-0.25, -0.2) is 4.98 Å². The maximum Gasteiger partial charge on any atom is 0.172 e. The smallest absolute Gasteiger partial charge is 0.172 e. The van der Waals surface area contributed by atoms with Gasteiger partial charge in [0.25, 0.3) is 0 Å². The van der Waals surface area contributed by atoms with E-state index in [9.17, 15) is 0 Å². The van der Waals surface area contributed by atoms with Crippen LogP contribution in [0.25, 0.3) is 0 Å². The normalized spacial score (nSPS) is 21.4. The summed E-state index contributed by atoms with van der Waals surface area (Å²) in [4.78, 5) is 7.13. The summed E-state index contributed by atoms with van der Waals surface area (Å²) in [7, 11) is 0.